The van der Waals surface area contributed by atoms with Crippen LogP contribution in [0.2, 0.25) is 0 Å². The van der Waals surface area contributed by atoms with Crippen LogP contribution in [0.25, 0.3) is 0 Å². The molecule has 2 aromatic rings. The number of anilines is 1. The summed E-state index contributed by atoms with van der Waals surface area (Å²) < 4.78 is 4.99. The predicted octanol–water partition coefficient (Wildman–Crippen LogP) is 3.29. The maximum atomic E-state index is 12.2. The van der Waals surface area contributed by atoms with Gasteiger partial charge in [-0.15, -0.1) is 0 Å². The van der Waals surface area contributed by atoms with E-state index in [1.165, 1.54) is 37.3 Å². The number of nitro benzene ring substituents is 1. The van der Waals surface area contributed by atoms with Crippen molar-refractivity contribution in [2.45, 2.75) is 20.3 Å². The number of nitrogens with one attached hydrogen (secondary N) is 1. The van der Waals surface area contributed by atoms with E-state index in [2.05, 4.69) is 5.32 Å². The molecule has 140 valence electrons. The molecule has 0 bridgehead atoms. The number of rotatable bonds is 7. The number of ketones is 1. The molecule has 0 radical (unpaired) electrons. The standard InChI is InChI=1S/C19H18N2O6/c1-3-18(23)20-14-9-7-13(8-10-14)17(22)11-27-19(24)15-5-4-6-16(12(15)2)21(25)26/h4-10H,3,11H2,1-2H3,(H,20,23). The quantitative estimate of drug-likeness (QED) is 0.346. The predicted molar refractivity (Wildman–Crippen MR) is 97.8 cm³/mol. The summed E-state index contributed by atoms with van der Waals surface area (Å²) in [4.78, 5) is 46.0. The molecule has 1 amide bonds. The summed E-state index contributed by atoms with van der Waals surface area (Å²) in [7, 11) is 0. The van der Waals surface area contributed by atoms with Gasteiger partial charge in [-0.3, -0.25) is 19.7 Å². The highest BCUT2D eigenvalue weighted by Gasteiger charge is 2.20. The lowest BCUT2D eigenvalue weighted by molar-refractivity contribution is -0.385. The molecule has 0 aliphatic carbocycles. The number of benzene rings is 2. The number of ether oxygens (including phenoxy) is 1. The van der Waals surface area contributed by atoms with Gasteiger partial charge in [-0.25, -0.2) is 4.79 Å². The molecular weight excluding hydrogens is 352 g/mol. The Morgan fingerprint density at radius 1 is 1.11 bits per heavy atom. The summed E-state index contributed by atoms with van der Waals surface area (Å²) in [5.41, 5.74) is 0.891. The Kier molecular flexibility index (Phi) is 6.37. The number of carbonyl (C=O) groups is 3. The van der Waals surface area contributed by atoms with Gasteiger partial charge in [0.05, 0.1) is 10.5 Å². The van der Waals surface area contributed by atoms with Crippen LogP contribution in [-0.4, -0.2) is 29.2 Å². The van der Waals surface area contributed by atoms with E-state index in [1.807, 2.05) is 0 Å². The Morgan fingerprint density at radius 2 is 1.78 bits per heavy atom. The first-order chi connectivity index (χ1) is 12.8. The largest absolute Gasteiger partial charge is 0.454 e. The first-order valence-electron chi connectivity index (χ1n) is 8.17. The summed E-state index contributed by atoms with van der Waals surface area (Å²) >= 11 is 0. The van der Waals surface area contributed by atoms with Gasteiger partial charge in [-0.2, -0.15) is 0 Å². The van der Waals surface area contributed by atoms with E-state index in [0.29, 0.717) is 17.7 Å². The lowest BCUT2D eigenvalue weighted by atomic mass is 10.1. The Balaban J connectivity index is 2.01. The molecule has 2 rings (SSSR count). The fourth-order valence-electron chi connectivity index (χ4n) is 2.32. The van der Waals surface area contributed by atoms with Crippen LogP contribution >= 0.6 is 0 Å². The van der Waals surface area contributed by atoms with Crippen LogP contribution < -0.4 is 5.32 Å². The van der Waals surface area contributed by atoms with Gasteiger partial charge in [-0.1, -0.05) is 13.0 Å². The van der Waals surface area contributed by atoms with E-state index in [4.69, 9.17) is 4.74 Å². The third kappa shape index (κ3) is 4.97. The molecule has 0 aliphatic heterocycles. The Bertz CT molecular complexity index is 890. The minimum atomic E-state index is -0.809. The highest BCUT2D eigenvalue weighted by Crippen LogP contribution is 2.21. The molecule has 0 aromatic heterocycles. The number of amides is 1. The maximum Gasteiger partial charge on any atom is 0.339 e. The van der Waals surface area contributed by atoms with Crippen LogP contribution in [0.5, 0.6) is 0 Å². The van der Waals surface area contributed by atoms with Crippen molar-refractivity contribution in [1.82, 2.24) is 0 Å². The van der Waals surface area contributed by atoms with Crippen LogP contribution in [0.3, 0.4) is 0 Å². The summed E-state index contributed by atoms with van der Waals surface area (Å²) in [5, 5.41) is 13.6. The number of nitro groups is 1. The van der Waals surface area contributed by atoms with E-state index >= 15 is 0 Å². The van der Waals surface area contributed by atoms with Crippen molar-refractivity contribution in [3.63, 3.8) is 0 Å². The van der Waals surface area contributed by atoms with Crippen LogP contribution in [0.15, 0.2) is 42.5 Å². The second-order valence-electron chi connectivity index (χ2n) is 5.69. The van der Waals surface area contributed by atoms with Crippen LogP contribution in [0.4, 0.5) is 11.4 Å². The molecular formula is C19H18N2O6. The van der Waals surface area contributed by atoms with Crippen molar-refractivity contribution >= 4 is 29.0 Å². The normalized spacial score (nSPS) is 10.1. The molecule has 0 aliphatic rings. The van der Waals surface area contributed by atoms with Gasteiger partial charge in [0, 0.05) is 29.3 Å². The lowest BCUT2D eigenvalue weighted by Gasteiger charge is -2.08. The number of esters is 1. The molecule has 8 nitrogen and oxygen atoms in total. The van der Waals surface area contributed by atoms with Crippen LogP contribution in [0, 0.1) is 17.0 Å². The minimum absolute atomic E-state index is 0.0367. The van der Waals surface area contributed by atoms with Crippen molar-refractivity contribution in [3.05, 3.63) is 69.3 Å². The zero-order valence-corrected chi connectivity index (χ0v) is 14.9. The molecule has 1 N–H and O–H groups in total. The Hall–Kier alpha value is -3.55. The number of Topliss-reactive ketones (excluding diaryl/α,β-unsaturated/α-hetero) is 1. The molecule has 27 heavy (non-hydrogen) atoms. The fourth-order valence-corrected chi connectivity index (χ4v) is 2.32. The van der Waals surface area contributed by atoms with Crippen molar-refractivity contribution in [2.75, 3.05) is 11.9 Å². The van der Waals surface area contributed by atoms with E-state index in [-0.39, 0.29) is 22.7 Å². The highest BCUT2D eigenvalue weighted by molar-refractivity contribution is 6.00. The average Bonchev–Trinajstić information content (AvgIpc) is 2.66. The van der Waals surface area contributed by atoms with Gasteiger partial charge in [0.15, 0.2) is 12.4 Å². The molecule has 0 saturated carbocycles. The Labute approximate surface area is 155 Å². The third-order valence-corrected chi connectivity index (χ3v) is 3.87. The highest BCUT2D eigenvalue weighted by atomic mass is 16.6. The van der Waals surface area contributed by atoms with Crippen molar-refractivity contribution in [3.8, 4) is 0 Å². The van der Waals surface area contributed by atoms with E-state index in [0.717, 1.165) is 0 Å². The minimum Gasteiger partial charge on any atom is -0.454 e. The van der Waals surface area contributed by atoms with Gasteiger partial charge < -0.3 is 10.1 Å². The van der Waals surface area contributed by atoms with Gasteiger partial charge in [-0.05, 0) is 37.3 Å². The first kappa shape index (κ1) is 19.8. The second-order valence-corrected chi connectivity index (χ2v) is 5.69. The van der Waals surface area contributed by atoms with Crippen LogP contribution in [-0.2, 0) is 9.53 Å². The summed E-state index contributed by atoms with van der Waals surface area (Å²) in [5.74, 6) is -1.38. The van der Waals surface area contributed by atoms with Crippen LogP contribution in [0.1, 0.15) is 39.6 Å². The molecule has 0 unspecified atom stereocenters. The lowest BCUT2D eigenvalue weighted by Crippen LogP contribution is -2.15. The van der Waals surface area contributed by atoms with Gasteiger partial charge in [0.25, 0.3) is 5.69 Å². The molecule has 2 aromatic carbocycles. The molecule has 0 spiro atoms. The fraction of sp³-hybridized carbons (Fsp3) is 0.211. The molecule has 0 heterocycles. The van der Waals surface area contributed by atoms with E-state index in [9.17, 15) is 24.5 Å². The van der Waals surface area contributed by atoms with Gasteiger partial charge >= 0.3 is 5.97 Å². The van der Waals surface area contributed by atoms with Gasteiger partial charge in [0.2, 0.25) is 5.91 Å². The molecule has 0 saturated heterocycles. The van der Waals surface area contributed by atoms with Crippen molar-refractivity contribution in [2.24, 2.45) is 0 Å². The SMILES string of the molecule is CCC(=O)Nc1ccc(C(=O)COC(=O)c2cccc([N+](=O)[O-])c2C)cc1. The monoisotopic (exact) mass is 370 g/mol. The summed E-state index contributed by atoms with van der Waals surface area (Å²) in [6.45, 7) is 2.67. The zero-order chi connectivity index (χ0) is 20.0. The average molecular weight is 370 g/mol. The first-order valence-corrected chi connectivity index (χ1v) is 8.17. The maximum absolute atomic E-state index is 12.2. The van der Waals surface area contributed by atoms with Crippen molar-refractivity contribution in [1.29, 1.82) is 0 Å². The zero-order valence-electron chi connectivity index (χ0n) is 14.9. The molecule has 8 heteroatoms. The third-order valence-electron chi connectivity index (χ3n) is 3.87. The topological polar surface area (TPSA) is 116 Å². The number of nitrogens with zero attached hydrogens (tertiary/aromatic N) is 1. The van der Waals surface area contributed by atoms with E-state index in [1.54, 1.807) is 19.1 Å². The summed E-state index contributed by atoms with van der Waals surface area (Å²) in [6.07, 6.45) is 0.341. The molecule has 0 atom stereocenters. The van der Waals surface area contributed by atoms with Gasteiger partial charge in [0.1, 0.15) is 0 Å². The number of hydrogen-bond acceptors (Lipinski definition) is 6. The number of hydrogen-bond donors (Lipinski definition) is 1. The smallest absolute Gasteiger partial charge is 0.339 e. The summed E-state index contributed by atoms with van der Waals surface area (Å²) in [6, 6.07) is 10.3. The van der Waals surface area contributed by atoms with E-state index < -0.39 is 23.3 Å². The number of carbonyl (C=O) groups excluding carboxylic acids is 3. The molecule has 0 fully saturated rings. The second kappa shape index (κ2) is 8.70. The Morgan fingerprint density at radius 3 is 2.37 bits per heavy atom. The van der Waals surface area contributed by atoms with Crippen molar-refractivity contribution < 1.29 is 24.0 Å².